The maximum Gasteiger partial charge on any atom is 0.253 e. The van der Waals surface area contributed by atoms with E-state index in [9.17, 15) is 19.5 Å². The Morgan fingerprint density at radius 3 is 2.12 bits per heavy atom. The molecule has 3 amide bonds. The minimum atomic E-state index is -0.771. The van der Waals surface area contributed by atoms with E-state index in [0.717, 1.165) is 18.5 Å². The molecule has 0 atom stereocenters. The van der Waals surface area contributed by atoms with Crippen LogP contribution in [0.15, 0.2) is 54.6 Å². The summed E-state index contributed by atoms with van der Waals surface area (Å²) in [4.78, 5) is 48.4. The Morgan fingerprint density at radius 2 is 1.48 bits per heavy atom. The first-order valence-electron chi connectivity index (χ1n) is 15.9. The van der Waals surface area contributed by atoms with E-state index < -0.39 is 5.54 Å². The molecule has 0 bridgehead atoms. The van der Waals surface area contributed by atoms with Crippen molar-refractivity contribution in [1.29, 1.82) is 0 Å². The summed E-state index contributed by atoms with van der Waals surface area (Å²) >= 11 is 0. The molecule has 8 heteroatoms. The van der Waals surface area contributed by atoms with Crippen LogP contribution in [0.4, 0.5) is 5.69 Å². The molecule has 0 unspecified atom stereocenters. The highest BCUT2D eigenvalue weighted by Gasteiger charge is 2.54. The minimum absolute atomic E-state index is 0.0196. The number of nitrogens with zero attached hydrogens (tertiary/aromatic N) is 4. The van der Waals surface area contributed by atoms with E-state index >= 15 is 0 Å². The third-order valence-corrected chi connectivity index (χ3v) is 10.2. The number of hydrogen-bond donors (Lipinski definition) is 1. The molecule has 2 aromatic rings. The van der Waals surface area contributed by atoms with Crippen LogP contribution in [0.1, 0.15) is 79.6 Å². The zero-order valence-electron chi connectivity index (χ0n) is 24.6. The zero-order chi connectivity index (χ0) is 29.1. The Hall–Kier alpha value is -3.39. The van der Waals surface area contributed by atoms with Crippen molar-refractivity contribution in [3.63, 3.8) is 0 Å². The number of hydrogen-bond acceptors (Lipinski definition) is 5. The van der Waals surface area contributed by atoms with Crippen molar-refractivity contribution in [2.24, 2.45) is 5.92 Å². The number of aliphatic hydroxyl groups excluding tert-OH is 1. The summed E-state index contributed by atoms with van der Waals surface area (Å²) in [6.45, 7) is 2.81. The Bertz CT molecular complexity index is 1240. The number of anilines is 1. The molecule has 42 heavy (non-hydrogen) atoms. The molecule has 3 heterocycles. The lowest BCUT2D eigenvalue weighted by Crippen LogP contribution is -2.57. The van der Waals surface area contributed by atoms with Gasteiger partial charge in [0, 0.05) is 44.0 Å². The van der Waals surface area contributed by atoms with E-state index in [4.69, 9.17) is 0 Å². The highest BCUT2D eigenvalue weighted by Crippen LogP contribution is 2.40. The summed E-state index contributed by atoms with van der Waals surface area (Å²) < 4.78 is 0. The average molecular weight is 573 g/mol. The normalized spacial score (nSPS) is 21.8. The summed E-state index contributed by atoms with van der Waals surface area (Å²) in [6.07, 6.45) is 9.01. The zero-order valence-corrected chi connectivity index (χ0v) is 24.6. The lowest BCUT2D eigenvalue weighted by atomic mass is 9.83. The van der Waals surface area contributed by atoms with Gasteiger partial charge in [0.1, 0.15) is 12.1 Å². The fourth-order valence-corrected chi connectivity index (χ4v) is 7.55. The second-order valence-corrected chi connectivity index (χ2v) is 12.7. The molecule has 2 aromatic carbocycles. The monoisotopic (exact) mass is 572 g/mol. The number of carbonyl (C=O) groups excluding carboxylic acids is 3. The molecule has 1 aliphatic carbocycles. The molecule has 0 aromatic heterocycles. The van der Waals surface area contributed by atoms with Gasteiger partial charge >= 0.3 is 0 Å². The van der Waals surface area contributed by atoms with Crippen LogP contribution in [0.25, 0.3) is 0 Å². The Morgan fingerprint density at radius 1 is 0.810 bits per heavy atom. The molecule has 1 N–H and O–H groups in total. The van der Waals surface area contributed by atoms with Gasteiger partial charge in [0.05, 0.1) is 6.67 Å². The average Bonchev–Trinajstić information content (AvgIpc) is 3.31. The molecular formula is C34H44N4O4. The lowest BCUT2D eigenvalue weighted by molar-refractivity contribution is -0.141. The van der Waals surface area contributed by atoms with Gasteiger partial charge in [-0.2, -0.15) is 0 Å². The summed E-state index contributed by atoms with van der Waals surface area (Å²) in [7, 11) is 0. The van der Waals surface area contributed by atoms with E-state index in [-0.39, 0.29) is 36.8 Å². The fourth-order valence-electron chi connectivity index (χ4n) is 7.55. The van der Waals surface area contributed by atoms with E-state index in [1.807, 2.05) is 52.3 Å². The highest BCUT2D eigenvalue weighted by molar-refractivity contribution is 5.97. The summed E-state index contributed by atoms with van der Waals surface area (Å²) in [5, 5.41) is 9.45. The molecule has 1 saturated carbocycles. The van der Waals surface area contributed by atoms with Crippen molar-refractivity contribution in [3.8, 4) is 0 Å². The molecule has 224 valence electrons. The van der Waals surface area contributed by atoms with Gasteiger partial charge in [-0.15, -0.1) is 0 Å². The third kappa shape index (κ3) is 5.65. The van der Waals surface area contributed by atoms with Crippen molar-refractivity contribution in [2.75, 3.05) is 50.9 Å². The number of para-hydroxylation sites is 1. The Kier molecular flexibility index (Phi) is 8.52. The maximum atomic E-state index is 14.1. The molecule has 3 saturated heterocycles. The van der Waals surface area contributed by atoms with Gasteiger partial charge in [0.2, 0.25) is 5.91 Å². The fraction of sp³-hybridized carbons (Fsp3) is 0.559. The van der Waals surface area contributed by atoms with Crippen molar-refractivity contribution >= 4 is 23.4 Å². The van der Waals surface area contributed by atoms with Crippen LogP contribution in [0.3, 0.4) is 0 Å². The van der Waals surface area contributed by atoms with Gasteiger partial charge in [-0.25, -0.2) is 0 Å². The Labute approximate surface area is 249 Å². The van der Waals surface area contributed by atoms with Gasteiger partial charge in [-0.1, -0.05) is 49.6 Å². The number of piperidine rings is 2. The molecule has 0 radical (unpaired) electrons. The SMILES string of the molecule is O=C(CN1CN(c2ccccc2)C2(CCN(C(=O)c3ccc(C4CCCCC4)cc3)CC2)C1=O)N1CCC(CO)CC1. The molecule has 1 spiro atoms. The molecular weight excluding hydrogens is 528 g/mol. The van der Waals surface area contributed by atoms with Gasteiger partial charge in [0.15, 0.2) is 0 Å². The number of benzene rings is 2. The van der Waals surface area contributed by atoms with E-state index in [1.54, 1.807) is 4.90 Å². The predicted molar refractivity (Wildman–Crippen MR) is 162 cm³/mol. The lowest BCUT2D eigenvalue weighted by Gasteiger charge is -2.43. The van der Waals surface area contributed by atoms with E-state index in [1.165, 1.54) is 37.7 Å². The van der Waals surface area contributed by atoms with Gasteiger partial charge in [-0.05, 0) is 80.2 Å². The standard InChI is InChI=1S/C34H44N4O4/c39-24-26-15-19-35(20-16-26)31(40)23-37-25-38(30-9-5-2-6-10-30)34(33(37)42)17-21-36(22-18-34)32(41)29-13-11-28(12-14-29)27-7-3-1-4-8-27/h2,5-6,9-14,26-27,39H,1,3-4,7-8,15-25H2. The van der Waals surface area contributed by atoms with Crippen LogP contribution in [0.2, 0.25) is 0 Å². The summed E-state index contributed by atoms with van der Waals surface area (Å²) in [5.74, 6) is 0.831. The quantitative estimate of drug-likeness (QED) is 0.560. The number of aliphatic hydroxyl groups is 1. The Balaban J connectivity index is 1.14. The van der Waals surface area contributed by atoms with Crippen LogP contribution in [-0.2, 0) is 9.59 Å². The summed E-state index contributed by atoms with van der Waals surface area (Å²) in [5.41, 5.74) is 2.24. The van der Waals surface area contributed by atoms with E-state index in [2.05, 4.69) is 17.0 Å². The van der Waals surface area contributed by atoms with Crippen LogP contribution < -0.4 is 4.90 Å². The van der Waals surface area contributed by atoms with Crippen LogP contribution in [0.5, 0.6) is 0 Å². The topological polar surface area (TPSA) is 84.4 Å². The van der Waals surface area contributed by atoms with Crippen LogP contribution >= 0.6 is 0 Å². The molecule has 4 aliphatic rings. The number of rotatable bonds is 6. The van der Waals surface area contributed by atoms with Crippen molar-refractivity contribution in [2.45, 2.75) is 69.2 Å². The second kappa shape index (κ2) is 12.5. The number of carbonyl (C=O) groups is 3. The first kappa shape index (κ1) is 28.7. The predicted octanol–water partition coefficient (Wildman–Crippen LogP) is 4.25. The molecule has 3 aliphatic heterocycles. The maximum absolute atomic E-state index is 14.1. The summed E-state index contributed by atoms with van der Waals surface area (Å²) in [6, 6.07) is 18.2. The van der Waals surface area contributed by atoms with Crippen LogP contribution in [-0.4, -0.2) is 89.1 Å². The van der Waals surface area contributed by atoms with Crippen molar-refractivity contribution < 1.29 is 19.5 Å². The largest absolute Gasteiger partial charge is 0.396 e. The van der Waals surface area contributed by atoms with E-state index in [0.29, 0.717) is 57.2 Å². The van der Waals surface area contributed by atoms with Gasteiger partial charge < -0.3 is 24.7 Å². The first-order valence-corrected chi connectivity index (χ1v) is 15.9. The number of amides is 3. The highest BCUT2D eigenvalue weighted by atomic mass is 16.3. The van der Waals surface area contributed by atoms with Crippen LogP contribution in [0, 0.1) is 5.92 Å². The van der Waals surface area contributed by atoms with Crippen molar-refractivity contribution in [1.82, 2.24) is 14.7 Å². The minimum Gasteiger partial charge on any atom is -0.396 e. The molecule has 6 rings (SSSR count). The van der Waals surface area contributed by atoms with Gasteiger partial charge in [-0.3, -0.25) is 14.4 Å². The molecule has 4 fully saturated rings. The molecule has 8 nitrogen and oxygen atoms in total. The smallest absolute Gasteiger partial charge is 0.253 e. The second-order valence-electron chi connectivity index (χ2n) is 12.7. The third-order valence-electron chi connectivity index (χ3n) is 10.2. The first-order chi connectivity index (χ1) is 20.5. The number of likely N-dealkylation sites (tertiary alicyclic amines) is 2. The van der Waals surface area contributed by atoms with Gasteiger partial charge in [0.25, 0.3) is 11.8 Å². The van der Waals surface area contributed by atoms with Crippen molar-refractivity contribution in [3.05, 3.63) is 65.7 Å².